The average Bonchev–Trinajstić information content (AvgIpc) is 2.44. The Kier molecular flexibility index (Phi) is 5.80. The molecule has 0 saturated heterocycles. The van der Waals surface area contributed by atoms with Crippen LogP contribution in [0.2, 0.25) is 0 Å². The molecule has 3 nitrogen and oxygen atoms in total. The molecule has 0 radical (unpaired) electrons. The van der Waals surface area contributed by atoms with Gasteiger partial charge < -0.3 is 10.2 Å². The smallest absolute Gasteiger partial charge is 0.223 e. The van der Waals surface area contributed by atoms with E-state index < -0.39 is 0 Å². The summed E-state index contributed by atoms with van der Waals surface area (Å²) in [6, 6.07) is 9.47. The van der Waals surface area contributed by atoms with Gasteiger partial charge in [0.25, 0.3) is 0 Å². The van der Waals surface area contributed by atoms with Crippen LogP contribution < -0.4 is 5.32 Å². The van der Waals surface area contributed by atoms with E-state index in [4.69, 9.17) is 0 Å². The molecule has 0 bridgehead atoms. The predicted octanol–water partition coefficient (Wildman–Crippen LogP) is 3.09. The molecule has 0 atom stereocenters. The zero-order chi connectivity index (χ0) is 15.2. The molecule has 1 aromatic carbocycles. The number of hydrogen-bond acceptors (Lipinski definition) is 2. The van der Waals surface area contributed by atoms with E-state index in [2.05, 4.69) is 36.5 Å². The van der Waals surface area contributed by atoms with Gasteiger partial charge in [-0.15, -0.1) is 0 Å². The van der Waals surface area contributed by atoms with Crippen LogP contribution in [0.5, 0.6) is 0 Å². The minimum Gasteiger partial charge on any atom is -0.343 e. The fourth-order valence-corrected chi connectivity index (χ4v) is 3.01. The Morgan fingerprint density at radius 1 is 1.19 bits per heavy atom. The van der Waals surface area contributed by atoms with Gasteiger partial charge in [0, 0.05) is 32.1 Å². The second-order valence-corrected chi connectivity index (χ2v) is 6.05. The lowest BCUT2D eigenvalue weighted by Crippen LogP contribution is -2.42. The number of rotatable bonds is 7. The van der Waals surface area contributed by atoms with Crippen LogP contribution in [0.3, 0.4) is 0 Å². The highest BCUT2D eigenvalue weighted by atomic mass is 16.2. The van der Waals surface area contributed by atoms with E-state index in [1.165, 1.54) is 24.0 Å². The summed E-state index contributed by atoms with van der Waals surface area (Å²) in [4.78, 5) is 13.8. The van der Waals surface area contributed by atoms with Gasteiger partial charge in [-0.2, -0.15) is 0 Å². The Labute approximate surface area is 128 Å². The summed E-state index contributed by atoms with van der Waals surface area (Å²) in [7, 11) is 0. The van der Waals surface area contributed by atoms with Crippen molar-refractivity contribution in [1.29, 1.82) is 0 Å². The van der Waals surface area contributed by atoms with E-state index in [1.807, 2.05) is 18.7 Å². The van der Waals surface area contributed by atoms with Crippen LogP contribution in [0, 0.1) is 6.92 Å². The first-order valence-corrected chi connectivity index (χ1v) is 8.21. The summed E-state index contributed by atoms with van der Waals surface area (Å²) < 4.78 is 0. The van der Waals surface area contributed by atoms with E-state index in [1.54, 1.807) is 0 Å². The van der Waals surface area contributed by atoms with E-state index in [0.717, 1.165) is 19.6 Å². The van der Waals surface area contributed by atoms with Crippen LogP contribution in [-0.4, -0.2) is 36.5 Å². The Morgan fingerprint density at radius 3 is 2.38 bits per heavy atom. The summed E-state index contributed by atoms with van der Waals surface area (Å²) >= 11 is 0. The third-order valence-corrected chi connectivity index (χ3v) is 4.57. The molecule has 1 N–H and O–H groups in total. The number of amides is 1. The van der Waals surface area contributed by atoms with Crippen molar-refractivity contribution in [3.05, 3.63) is 35.4 Å². The van der Waals surface area contributed by atoms with Crippen molar-refractivity contribution in [3.63, 3.8) is 0 Å². The molecule has 0 heterocycles. The zero-order valence-electron chi connectivity index (χ0n) is 13.6. The highest BCUT2D eigenvalue weighted by Crippen LogP contribution is 2.36. The van der Waals surface area contributed by atoms with Crippen molar-refractivity contribution >= 4 is 5.91 Å². The van der Waals surface area contributed by atoms with E-state index in [9.17, 15) is 4.79 Å². The summed E-state index contributed by atoms with van der Waals surface area (Å²) in [5, 5.41) is 3.52. The van der Waals surface area contributed by atoms with Gasteiger partial charge in [-0.25, -0.2) is 0 Å². The fourth-order valence-electron chi connectivity index (χ4n) is 3.01. The first kappa shape index (κ1) is 16.0. The molecule has 3 heteroatoms. The van der Waals surface area contributed by atoms with Crippen molar-refractivity contribution in [3.8, 4) is 0 Å². The molecule has 1 fully saturated rings. The Balaban J connectivity index is 1.65. The topological polar surface area (TPSA) is 32.3 Å². The lowest BCUT2D eigenvalue weighted by atomic mass is 9.76. The maximum Gasteiger partial charge on any atom is 0.223 e. The number of benzene rings is 1. The first-order chi connectivity index (χ1) is 10.1. The van der Waals surface area contributed by atoms with Gasteiger partial charge in [0.05, 0.1) is 0 Å². The van der Waals surface area contributed by atoms with Gasteiger partial charge in [-0.1, -0.05) is 29.8 Å². The maximum absolute atomic E-state index is 11.9. The molecule has 0 aromatic heterocycles. The van der Waals surface area contributed by atoms with Crippen molar-refractivity contribution in [2.75, 3.05) is 19.6 Å². The highest BCUT2D eigenvalue weighted by molar-refractivity contribution is 5.76. The minimum absolute atomic E-state index is 0.266. The van der Waals surface area contributed by atoms with E-state index in [-0.39, 0.29) is 5.91 Å². The third-order valence-electron chi connectivity index (χ3n) is 4.57. The Hall–Kier alpha value is -1.35. The minimum atomic E-state index is 0.266. The summed E-state index contributed by atoms with van der Waals surface area (Å²) in [5.74, 6) is 0.962. The molecular weight excluding hydrogens is 260 g/mol. The fraction of sp³-hybridized carbons (Fsp3) is 0.611. The SMILES string of the molecule is CCN(CC)C(=O)CCNC1CC(c2ccc(C)cc2)C1. The van der Waals surface area contributed by atoms with Crippen LogP contribution in [0.1, 0.15) is 50.2 Å². The second kappa shape index (κ2) is 7.60. The maximum atomic E-state index is 11.9. The molecule has 1 aromatic rings. The molecule has 116 valence electrons. The van der Waals surface area contributed by atoms with Crippen LogP contribution in [-0.2, 0) is 4.79 Å². The van der Waals surface area contributed by atoms with Gasteiger partial charge in [-0.05, 0) is 45.1 Å². The number of hydrogen-bond donors (Lipinski definition) is 1. The molecule has 21 heavy (non-hydrogen) atoms. The van der Waals surface area contributed by atoms with Crippen LogP contribution >= 0.6 is 0 Å². The standard InChI is InChI=1S/C18H28N2O/c1-4-20(5-2)18(21)10-11-19-17-12-16(13-17)15-8-6-14(3)7-9-15/h6-9,16-17,19H,4-5,10-13H2,1-3H3. The molecule has 1 aliphatic carbocycles. The summed E-state index contributed by atoms with van der Waals surface area (Å²) in [5.41, 5.74) is 2.78. The Morgan fingerprint density at radius 2 is 1.81 bits per heavy atom. The monoisotopic (exact) mass is 288 g/mol. The largest absolute Gasteiger partial charge is 0.343 e. The molecule has 0 spiro atoms. The highest BCUT2D eigenvalue weighted by Gasteiger charge is 2.29. The third kappa shape index (κ3) is 4.31. The van der Waals surface area contributed by atoms with Gasteiger partial charge in [0.1, 0.15) is 0 Å². The van der Waals surface area contributed by atoms with Gasteiger partial charge >= 0.3 is 0 Å². The first-order valence-electron chi connectivity index (χ1n) is 8.21. The zero-order valence-corrected chi connectivity index (χ0v) is 13.6. The quantitative estimate of drug-likeness (QED) is 0.836. The molecule has 0 unspecified atom stereocenters. The van der Waals surface area contributed by atoms with Gasteiger partial charge in [-0.3, -0.25) is 4.79 Å². The molecule has 2 rings (SSSR count). The molecule has 1 saturated carbocycles. The number of aryl methyl sites for hydroxylation is 1. The number of carbonyl (C=O) groups excluding carboxylic acids is 1. The van der Waals surface area contributed by atoms with Crippen molar-refractivity contribution < 1.29 is 4.79 Å². The number of nitrogens with one attached hydrogen (secondary N) is 1. The second-order valence-electron chi connectivity index (χ2n) is 6.05. The predicted molar refractivity (Wildman–Crippen MR) is 87.5 cm³/mol. The number of nitrogens with zero attached hydrogens (tertiary/aromatic N) is 1. The van der Waals surface area contributed by atoms with Crippen molar-refractivity contribution in [2.45, 2.75) is 52.0 Å². The van der Waals surface area contributed by atoms with E-state index in [0.29, 0.717) is 18.4 Å². The lowest BCUT2D eigenvalue weighted by molar-refractivity contribution is -0.130. The van der Waals surface area contributed by atoms with Crippen molar-refractivity contribution in [1.82, 2.24) is 10.2 Å². The molecule has 1 aliphatic rings. The lowest BCUT2D eigenvalue weighted by Gasteiger charge is -2.36. The molecule has 0 aliphatic heterocycles. The normalized spacial score (nSPS) is 20.9. The average molecular weight is 288 g/mol. The summed E-state index contributed by atoms with van der Waals surface area (Å²) in [6.45, 7) is 8.63. The van der Waals surface area contributed by atoms with E-state index >= 15 is 0 Å². The molecule has 1 amide bonds. The van der Waals surface area contributed by atoms with Crippen LogP contribution in [0.4, 0.5) is 0 Å². The summed E-state index contributed by atoms with van der Waals surface area (Å²) in [6.07, 6.45) is 3.01. The van der Waals surface area contributed by atoms with Crippen LogP contribution in [0.25, 0.3) is 0 Å². The number of carbonyl (C=O) groups is 1. The van der Waals surface area contributed by atoms with Crippen molar-refractivity contribution in [2.24, 2.45) is 0 Å². The van der Waals surface area contributed by atoms with Gasteiger partial charge in [0.15, 0.2) is 0 Å². The molecular formula is C18H28N2O. The van der Waals surface area contributed by atoms with Gasteiger partial charge in [0.2, 0.25) is 5.91 Å². The van der Waals surface area contributed by atoms with Crippen LogP contribution in [0.15, 0.2) is 24.3 Å². The Bertz CT molecular complexity index is 445.